The van der Waals surface area contributed by atoms with Gasteiger partial charge in [-0.15, -0.1) is 5.10 Å². The number of amides is 1. The third-order valence-corrected chi connectivity index (χ3v) is 5.29. The average Bonchev–Trinajstić information content (AvgIpc) is 3.14. The van der Waals surface area contributed by atoms with Crippen LogP contribution < -0.4 is 0 Å². The number of rotatable bonds is 7. The van der Waals surface area contributed by atoms with Crippen LogP contribution in [0.15, 0.2) is 59.8 Å². The number of carbonyl (C=O) groups is 1. The van der Waals surface area contributed by atoms with Crippen LogP contribution in [0.25, 0.3) is 5.69 Å². The van der Waals surface area contributed by atoms with Gasteiger partial charge in [0, 0.05) is 18.1 Å². The van der Waals surface area contributed by atoms with Crippen LogP contribution in [0.2, 0.25) is 5.02 Å². The smallest absolute Gasteiger partial charge is 0.236 e. The van der Waals surface area contributed by atoms with Crippen LogP contribution >= 0.6 is 23.4 Å². The van der Waals surface area contributed by atoms with Crippen molar-refractivity contribution in [3.63, 3.8) is 0 Å². The fraction of sp³-hybridized carbons (Fsp3) is 0.263. The molecule has 0 saturated heterocycles. The normalized spacial score (nSPS) is 12.0. The zero-order valence-corrected chi connectivity index (χ0v) is 16.7. The van der Waals surface area contributed by atoms with Gasteiger partial charge in [0.05, 0.1) is 10.9 Å². The Morgan fingerprint density at radius 3 is 2.70 bits per heavy atom. The van der Waals surface area contributed by atoms with Crippen molar-refractivity contribution in [1.29, 1.82) is 0 Å². The number of halogens is 1. The van der Waals surface area contributed by atoms with Gasteiger partial charge in [0.15, 0.2) is 0 Å². The Kier molecular flexibility index (Phi) is 6.47. The van der Waals surface area contributed by atoms with Crippen molar-refractivity contribution >= 4 is 29.3 Å². The molecular formula is C19H20ClN5OS. The van der Waals surface area contributed by atoms with Crippen molar-refractivity contribution < 1.29 is 4.79 Å². The fourth-order valence-corrected chi connectivity index (χ4v) is 3.71. The van der Waals surface area contributed by atoms with E-state index in [9.17, 15) is 4.79 Å². The summed E-state index contributed by atoms with van der Waals surface area (Å²) in [5.41, 5.74) is 1.86. The predicted molar refractivity (Wildman–Crippen MR) is 107 cm³/mol. The standard InChI is InChI=1S/C19H20ClN5OS/c1-3-24(13-15-8-5-4-6-9-15)18(26)14(2)27-19-21-22-23-25(19)17-11-7-10-16(20)12-17/h4-12,14H,3,13H2,1-2H3/t14-/m0/s1. The number of carbonyl (C=O) groups excluding carboxylic acids is 1. The van der Waals surface area contributed by atoms with Gasteiger partial charge in [-0.2, -0.15) is 4.68 Å². The third-order valence-electron chi connectivity index (χ3n) is 4.03. The molecule has 1 aromatic heterocycles. The van der Waals surface area contributed by atoms with Crippen molar-refractivity contribution in [2.45, 2.75) is 30.8 Å². The summed E-state index contributed by atoms with van der Waals surface area (Å²) in [7, 11) is 0. The highest BCUT2D eigenvalue weighted by molar-refractivity contribution is 8.00. The monoisotopic (exact) mass is 401 g/mol. The molecule has 140 valence electrons. The number of nitrogens with zero attached hydrogens (tertiary/aromatic N) is 5. The molecule has 3 rings (SSSR count). The Morgan fingerprint density at radius 1 is 1.22 bits per heavy atom. The van der Waals surface area contributed by atoms with Crippen molar-refractivity contribution in [3.8, 4) is 5.69 Å². The van der Waals surface area contributed by atoms with E-state index in [1.807, 2.05) is 61.2 Å². The molecule has 0 spiro atoms. The molecule has 0 aliphatic carbocycles. The van der Waals surface area contributed by atoms with Gasteiger partial charge in [0.2, 0.25) is 11.1 Å². The number of hydrogen-bond acceptors (Lipinski definition) is 5. The second kappa shape index (κ2) is 9.01. The molecule has 2 aromatic carbocycles. The summed E-state index contributed by atoms with van der Waals surface area (Å²) >= 11 is 7.39. The van der Waals surface area contributed by atoms with E-state index in [1.165, 1.54) is 11.8 Å². The van der Waals surface area contributed by atoms with Crippen LogP contribution in [0.3, 0.4) is 0 Å². The first-order valence-corrected chi connectivity index (χ1v) is 9.88. The molecule has 0 saturated carbocycles. The molecule has 3 aromatic rings. The highest BCUT2D eigenvalue weighted by Gasteiger charge is 2.23. The summed E-state index contributed by atoms with van der Waals surface area (Å²) in [5.74, 6) is 0.0481. The molecular weight excluding hydrogens is 382 g/mol. The summed E-state index contributed by atoms with van der Waals surface area (Å²) in [5, 5.41) is 12.7. The van der Waals surface area contributed by atoms with Crippen LogP contribution in [-0.2, 0) is 11.3 Å². The van der Waals surface area contributed by atoms with Crippen molar-refractivity contribution in [2.24, 2.45) is 0 Å². The van der Waals surface area contributed by atoms with Crippen molar-refractivity contribution in [2.75, 3.05) is 6.54 Å². The Bertz CT molecular complexity index is 902. The number of tetrazole rings is 1. The fourth-order valence-electron chi connectivity index (χ4n) is 2.64. The van der Waals surface area contributed by atoms with Crippen LogP contribution in [-0.4, -0.2) is 42.8 Å². The number of benzene rings is 2. The van der Waals surface area contributed by atoms with E-state index in [4.69, 9.17) is 11.6 Å². The molecule has 0 unspecified atom stereocenters. The SMILES string of the molecule is CCN(Cc1ccccc1)C(=O)[C@H](C)Sc1nnnn1-c1cccc(Cl)c1. The van der Waals surface area contributed by atoms with Crippen LogP contribution in [0.4, 0.5) is 0 Å². The summed E-state index contributed by atoms with van der Waals surface area (Å²) in [6.07, 6.45) is 0. The van der Waals surface area contributed by atoms with Gasteiger partial charge >= 0.3 is 0 Å². The van der Waals surface area contributed by atoms with Crippen LogP contribution in [0, 0.1) is 0 Å². The lowest BCUT2D eigenvalue weighted by Crippen LogP contribution is -2.36. The summed E-state index contributed by atoms with van der Waals surface area (Å²) < 4.78 is 1.59. The molecule has 0 fully saturated rings. The van der Waals surface area contributed by atoms with Gasteiger partial charge in [-0.25, -0.2) is 0 Å². The van der Waals surface area contributed by atoms with E-state index in [1.54, 1.807) is 16.8 Å². The molecule has 1 atom stereocenters. The van der Waals surface area contributed by atoms with E-state index in [2.05, 4.69) is 15.5 Å². The van der Waals surface area contributed by atoms with E-state index in [-0.39, 0.29) is 11.2 Å². The molecule has 6 nitrogen and oxygen atoms in total. The van der Waals surface area contributed by atoms with Gasteiger partial charge in [0.1, 0.15) is 0 Å². The molecule has 0 N–H and O–H groups in total. The van der Waals surface area contributed by atoms with Gasteiger partial charge < -0.3 is 4.90 Å². The van der Waals surface area contributed by atoms with Crippen LogP contribution in [0.5, 0.6) is 0 Å². The van der Waals surface area contributed by atoms with E-state index >= 15 is 0 Å². The molecule has 0 radical (unpaired) electrons. The van der Waals surface area contributed by atoms with Crippen molar-refractivity contribution in [3.05, 3.63) is 65.2 Å². The average molecular weight is 402 g/mol. The van der Waals surface area contributed by atoms with E-state index in [0.29, 0.717) is 23.3 Å². The highest BCUT2D eigenvalue weighted by atomic mass is 35.5. The van der Waals surface area contributed by atoms with Crippen LogP contribution in [0.1, 0.15) is 19.4 Å². The van der Waals surface area contributed by atoms with E-state index < -0.39 is 0 Å². The summed E-state index contributed by atoms with van der Waals surface area (Å²) in [6.45, 7) is 5.07. The Hall–Kier alpha value is -2.38. The lowest BCUT2D eigenvalue weighted by molar-refractivity contribution is -0.130. The topological polar surface area (TPSA) is 63.9 Å². The maximum absolute atomic E-state index is 12.9. The first-order chi connectivity index (χ1) is 13.1. The second-order valence-electron chi connectivity index (χ2n) is 5.95. The minimum atomic E-state index is -0.322. The molecule has 0 aliphatic rings. The zero-order chi connectivity index (χ0) is 19.2. The predicted octanol–water partition coefficient (Wildman–Crippen LogP) is 3.85. The Balaban J connectivity index is 1.72. The molecule has 8 heteroatoms. The highest BCUT2D eigenvalue weighted by Crippen LogP contribution is 2.25. The van der Waals surface area contributed by atoms with Crippen molar-refractivity contribution in [1.82, 2.24) is 25.1 Å². The number of aromatic nitrogens is 4. The minimum Gasteiger partial charge on any atom is -0.338 e. The van der Waals surface area contributed by atoms with Gasteiger partial charge in [-0.3, -0.25) is 4.79 Å². The Labute approximate surface area is 167 Å². The zero-order valence-electron chi connectivity index (χ0n) is 15.1. The minimum absolute atomic E-state index is 0.0481. The lowest BCUT2D eigenvalue weighted by Gasteiger charge is -2.24. The first-order valence-electron chi connectivity index (χ1n) is 8.62. The molecule has 0 aliphatic heterocycles. The maximum atomic E-state index is 12.9. The first kappa shape index (κ1) is 19.4. The van der Waals surface area contributed by atoms with Gasteiger partial charge in [0.25, 0.3) is 0 Å². The third kappa shape index (κ3) is 4.87. The second-order valence-corrected chi connectivity index (χ2v) is 7.70. The quantitative estimate of drug-likeness (QED) is 0.563. The summed E-state index contributed by atoms with van der Waals surface area (Å²) in [4.78, 5) is 14.7. The number of thioether (sulfide) groups is 1. The van der Waals surface area contributed by atoms with E-state index in [0.717, 1.165) is 11.3 Å². The summed E-state index contributed by atoms with van der Waals surface area (Å²) in [6, 6.07) is 17.2. The largest absolute Gasteiger partial charge is 0.338 e. The molecule has 27 heavy (non-hydrogen) atoms. The molecule has 1 amide bonds. The number of hydrogen-bond donors (Lipinski definition) is 0. The van der Waals surface area contributed by atoms with Gasteiger partial charge in [-0.05, 0) is 48.0 Å². The maximum Gasteiger partial charge on any atom is 0.236 e. The Morgan fingerprint density at radius 2 is 2.00 bits per heavy atom. The molecule has 1 heterocycles. The lowest BCUT2D eigenvalue weighted by atomic mass is 10.2. The van der Waals surface area contributed by atoms with Gasteiger partial charge in [-0.1, -0.05) is 59.8 Å². The molecule has 0 bridgehead atoms.